The number of carbonyl (C=O) groups excluding carboxylic acids is 7. The maximum atomic E-state index is 14.0. The Morgan fingerprint density at radius 1 is 0.770 bits per heavy atom. The highest BCUT2D eigenvalue weighted by molar-refractivity contribution is 5.97. The molecule has 0 aliphatic carbocycles. The van der Waals surface area contributed by atoms with Gasteiger partial charge >= 0.3 is 5.97 Å². The Morgan fingerprint density at radius 2 is 1.34 bits per heavy atom. The molecule has 0 bridgehead atoms. The molecule has 340 valence electrons. The number of amides is 7. The Kier molecular flexibility index (Phi) is 22.6. The minimum absolute atomic E-state index is 0.00366. The van der Waals surface area contributed by atoms with Crippen LogP contribution in [0.2, 0.25) is 0 Å². The van der Waals surface area contributed by atoms with Gasteiger partial charge in [0, 0.05) is 37.9 Å². The average molecular weight is 864 g/mol. The van der Waals surface area contributed by atoms with Crippen molar-refractivity contribution in [1.82, 2.24) is 46.8 Å². The lowest BCUT2D eigenvalue weighted by molar-refractivity contribution is -0.140. The van der Waals surface area contributed by atoms with Crippen molar-refractivity contribution in [3.8, 4) is 0 Å². The quantitative estimate of drug-likeness (QED) is 0.0212. The molecule has 0 aromatic carbocycles. The minimum atomic E-state index is -1.29. The van der Waals surface area contributed by atoms with Gasteiger partial charge in [-0.3, -0.25) is 48.3 Å². The molecule has 2 rings (SSSR count). The number of H-pyrrole nitrogens is 1. The Bertz CT molecular complexity index is 1680. The maximum absolute atomic E-state index is 14.0. The van der Waals surface area contributed by atoms with Crippen molar-refractivity contribution in [1.29, 1.82) is 0 Å². The molecule has 1 aromatic heterocycles. The van der Waals surface area contributed by atoms with Crippen LogP contribution in [0, 0.1) is 0 Å². The maximum Gasteiger partial charge on any atom is 0.322 e. The van der Waals surface area contributed by atoms with E-state index >= 15 is 0 Å². The van der Waals surface area contributed by atoms with Gasteiger partial charge in [0.15, 0.2) is 11.9 Å². The van der Waals surface area contributed by atoms with Gasteiger partial charge < -0.3 is 81.3 Å². The molecule has 2 heterocycles. The molecule has 1 aromatic rings. The SMILES string of the molecule is NCCCC[C@H](NC(=O)[C@H](CCCN=C(N)N)NC(=O)[C@@H]1CCCN1C(=O)CNC(=O)[C@@H](N)Cc1cnc[nH]1)C(=O)N[C@@H](CCCN=C(N)N)C(=O)NCC(=O)NCC(=O)O. The first kappa shape index (κ1) is 50.6. The first-order valence-corrected chi connectivity index (χ1v) is 19.8. The first-order valence-electron chi connectivity index (χ1n) is 19.8. The summed E-state index contributed by atoms with van der Waals surface area (Å²) in [4.78, 5) is 119. The van der Waals surface area contributed by atoms with Crippen LogP contribution in [0.5, 0.6) is 0 Å². The molecule has 1 aliphatic rings. The lowest BCUT2D eigenvalue weighted by Gasteiger charge is -2.28. The third kappa shape index (κ3) is 19.8. The fourth-order valence-corrected chi connectivity index (χ4v) is 6.11. The molecule has 20 N–H and O–H groups in total. The third-order valence-corrected chi connectivity index (χ3v) is 9.22. The van der Waals surface area contributed by atoms with Crippen LogP contribution in [0.4, 0.5) is 0 Å². The van der Waals surface area contributed by atoms with E-state index in [-0.39, 0.29) is 83.0 Å². The Morgan fingerprint density at radius 3 is 1.90 bits per heavy atom. The Balaban J connectivity index is 2.22. The van der Waals surface area contributed by atoms with Crippen LogP contribution in [-0.2, 0) is 44.8 Å². The van der Waals surface area contributed by atoms with E-state index < -0.39 is 97.2 Å². The number of hydrogen-bond acceptors (Lipinski definition) is 13. The van der Waals surface area contributed by atoms with E-state index in [4.69, 9.17) is 39.5 Å². The van der Waals surface area contributed by atoms with E-state index in [0.717, 1.165) is 0 Å². The second-order valence-electron chi connectivity index (χ2n) is 14.1. The molecule has 1 fully saturated rings. The number of hydrogen-bond donors (Lipinski definition) is 14. The zero-order chi connectivity index (χ0) is 45.3. The molecule has 1 saturated heterocycles. The number of aromatic nitrogens is 2. The van der Waals surface area contributed by atoms with Crippen LogP contribution >= 0.6 is 0 Å². The van der Waals surface area contributed by atoms with Crippen molar-refractivity contribution in [2.24, 2.45) is 44.4 Å². The number of nitrogens with zero attached hydrogens (tertiary/aromatic N) is 4. The van der Waals surface area contributed by atoms with E-state index in [2.05, 4.69) is 51.9 Å². The summed E-state index contributed by atoms with van der Waals surface area (Å²) in [5, 5.41) is 23.8. The molecule has 0 saturated carbocycles. The molecule has 26 heteroatoms. The molecule has 0 radical (unpaired) electrons. The Hall–Kier alpha value is -6.57. The number of carbonyl (C=O) groups is 8. The molecule has 26 nitrogen and oxygen atoms in total. The van der Waals surface area contributed by atoms with Gasteiger partial charge in [0.2, 0.25) is 41.4 Å². The number of guanidine groups is 2. The summed E-state index contributed by atoms with van der Waals surface area (Å²) >= 11 is 0. The summed E-state index contributed by atoms with van der Waals surface area (Å²) < 4.78 is 0. The zero-order valence-corrected chi connectivity index (χ0v) is 34.0. The summed E-state index contributed by atoms with van der Waals surface area (Å²) in [7, 11) is 0. The molecule has 61 heavy (non-hydrogen) atoms. The number of aliphatic imine (C=N–C) groups is 2. The number of likely N-dealkylation sites (tertiary alicyclic amines) is 1. The van der Waals surface area contributed by atoms with Crippen LogP contribution in [0.25, 0.3) is 0 Å². The highest BCUT2D eigenvalue weighted by Gasteiger charge is 2.37. The van der Waals surface area contributed by atoms with Crippen LogP contribution < -0.4 is 66.3 Å². The number of unbranched alkanes of at least 4 members (excludes halogenated alkanes) is 1. The standard InChI is InChI=1S/C35H61N17O9/c36-10-2-1-6-23(31(59)49-22(7-3-11-43-34(38)39)30(58)46-16-26(53)45-18-28(55)56)50-32(60)24(8-4-12-44-35(40)41)51-33(61)25-9-5-13-52(25)27(54)17-47-29(57)21(37)14-20-15-42-19-48-20/h15,19,21-25H,1-14,16-18,36-37H2,(H,42,48)(H,45,53)(H,46,58)(H,47,57)(H,49,59)(H,50,60)(H,51,61)(H,55,56)(H4,38,39,43)(H4,40,41,44)/t21-,22-,23-,24-,25-/m0/s1. The number of aromatic amines is 1. The summed E-state index contributed by atoms with van der Waals surface area (Å²) in [6.45, 7) is -0.998. The van der Waals surface area contributed by atoms with Crippen LogP contribution in [-0.4, -0.2) is 155 Å². The van der Waals surface area contributed by atoms with Gasteiger partial charge in [-0.05, 0) is 64.3 Å². The number of carboxylic acids is 1. The van der Waals surface area contributed by atoms with Gasteiger partial charge in [-0.2, -0.15) is 0 Å². The topological polar surface area (TPSA) is 442 Å². The third-order valence-electron chi connectivity index (χ3n) is 9.22. The van der Waals surface area contributed by atoms with Crippen molar-refractivity contribution in [3.63, 3.8) is 0 Å². The van der Waals surface area contributed by atoms with Gasteiger partial charge in [-0.15, -0.1) is 0 Å². The second kappa shape index (κ2) is 27.2. The van der Waals surface area contributed by atoms with Gasteiger partial charge in [-0.25, -0.2) is 4.98 Å². The molecule has 5 atom stereocenters. The van der Waals surface area contributed by atoms with Crippen LogP contribution in [0.1, 0.15) is 63.5 Å². The van der Waals surface area contributed by atoms with Crippen molar-refractivity contribution in [2.45, 2.75) is 94.4 Å². The minimum Gasteiger partial charge on any atom is -0.480 e. The highest BCUT2D eigenvalue weighted by atomic mass is 16.4. The van der Waals surface area contributed by atoms with Gasteiger partial charge in [0.05, 0.1) is 25.5 Å². The van der Waals surface area contributed by atoms with Crippen LogP contribution in [0.15, 0.2) is 22.5 Å². The van der Waals surface area contributed by atoms with Crippen molar-refractivity contribution in [2.75, 3.05) is 45.8 Å². The number of aliphatic carboxylic acids is 1. The predicted molar refractivity (Wildman–Crippen MR) is 220 cm³/mol. The lowest BCUT2D eigenvalue weighted by Crippen LogP contribution is -2.58. The van der Waals surface area contributed by atoms with Crippen molar-refractivity contribution >= 4 is 59.2 Å². The molecule has 7 amide bonds. The number of carboxylic acid groups (broad SMARTS) is 1. The predicted octanol–water partition coefficient (Wildman–Crippen LogP) is -6.61. The average Bonchev–Trinajstić information content (AvgIpc) is 3.93. The van der Waals surface area contributed by atoms with Gasteiger partial charge in [0.1, 0.15) is 30.7 Å². The Labute approximate surface area is 352 Å². The molecule has 1 aliphatic heterocycles. The number of nitrogens with two attached hydrogens (primary N) is 6. The molecule has 0 spiro atoms. The normalized spacial score (nSPS) is 15.2. The largest absolute Gasteiger partial charge is 0.480 e. The number of imidazole rings is 1. The number of nitrogens with one attached hydrogen (secondary N) is 7. The van der Waals surface area contributed by atoms with E-state index in [0.29, 0.717) is 25.0 Å². The zero-order valence-electron chi connectivity index (χ0n) is 34.0. The summed E-state index contributed by atoms with van der Waals surface area (Å²) in [5.41, 5.74) is 34.0. The molecular weight excluding hydrogens is 802 g/mol. The fraction of sp³-hybridized carbons (Fsp3) is 0.629. The second-order valence-corrected chi connectivity index (χ2v) is 14.1. The van der Waals surface area contributed by atoms with Gasteiger partial charge in [0.25, 0.3) is 0 Å². The first-order chi connectivity index (χ1) is 29.0. The fourth-order valence-electron chi connectivity index (χ4n) is 6.11. The smallest absolute Gasteiger partial charge is 0.322 e. The molecule has 0 unspecified atom stereocenters. The van der Waals surface area contributed by atoms with E-state index in [9.17, 15) is 38.4 Å². The van der Waals surface area contributed by atoms with Crippen LogP contribution in [0.3, 0.4) is 0 Å². The highest BCUT2D eigenvalue weighted by Crippen LogP contribution is 2.18. The van der Waals surface area contributed by atoms with Crippen molar-refractivity contribution < 1.29 is 43.5 Å². The van der Waals surface area contributed by atoms with E-state index in [1.54, 1.807) is 0 Å². The summed E-state index contributed by atoms with van der Waals surface area (Å²) in [5.74, 6) is -6.55. The number of rotatable bonds is 28. The van der Waals surface area contributed by atoms with E-state index in [1.807, 2.05) is 0 Å². The van der Waals surface area contributed by atoms with Gasteiger partial charge in [-0.1, -0.05) is 0 Å². The lowest BCUT2D eigenvalue weighted by atomic mass is 10.0. The van der Waals surface area contributed by atoms with E-state index in [1.165, 1.54) is 17.4 Å². The van der Waals surface area contributed by atoms with Crippen molar-refractivity contribution in [3.05, 3.63) is 18.2 Å². The molecular formula is C35H61N17O9. The summed E-state index contributed by atoms with van der Waals surface area (Å²) in [6.07, 6.45) is 5.24. The monoisotopic (exact) mass is 863 g/mol. The summed E-state index contributed by atoms with van der Waals surface area (Å²) in [6, 6.07) is -5.68.